The molecule has 0 saturated carbocycles. The Hall–Kier alpha value is -2.26. The van der Waals surface area contributed by atoms with Crippen LogP contribution in [0.15, 0.2) is 29.2 Å². The Morgan fingerprint density at radius 1 is 1.12 bits per heavy atom. The molecule has 0 radical (unpaired) electrons. The predicted molar refractivity (Wildman–Crippen MR) is 96.5 cm³/mol. The number of piperidine rings is 1. The number of nitrogens with zero attached hydrogens (tertiary/aromatic N) is 4. The summed E-state index contributed by atoms with van der Waals surface area (Å²) in [5.41, 5.74) is 1.92. The minimum absolute atomic E-state index is 0.0236. The van der Waals surface area contributed by atoms with Gasteiger partial charge in [-0.15, -0.1) is 0 Å². The van der Waals surface area contributed by atoms with Crippen molar-refractivity contribution in [2.75, 3.05) is 13.1 Å². The Kier molecular flexibility index (Phi) is 5.10. The molecule has 1 aromatic carbocycles. The summed E-state index contributed by atoms with van der Waals surface area (Å²) < 4.78 is 29.2. The molecule has 1 saturated heterocycles. The number of aromatic nitrogens is 2. The van der Waals surface area contributed by atoms with Crippen LogP contribution in [0.5, 0.6) is 0 Å². The van der Waals surface area contributed by atoms with E-state index < -0.39 is 14.9 Å². The highest BCUT2D eigenvalue weighted by molar-refractivity contribution is 7.89. The van der Waals surface area contributed by atoms with E-state index in [-0.39, 0.29) is 10.6 Å². The molecule has 26 heavy (non-hydrogen) atoms. The smallest absolute Gasteiger partial charge is 0.264 e. The van der Waals surface area contributed by atoms with Gasteiger partial charge in [-0.2, -0.15) is 9.40 Å². The molecule has 0 spiro atoms. The number of hydrogen-bond acceptors (Lipinski definition) is 5. The Labute approximate surface area is 152 Å². The molecule has 140 valence electrons. The van der Waals surface area contributed by atoms with Crippen LogP contribution in [0.4, 0.5) is 5.69 Å². The quantitative estimate of drug-likeness (QED) is 0.588. The zero-order valence-corrected chi connectivity index (χ0v) is 15.7. The van der Waals surface area contributed by atoms with Crippen LogP contribution in [0.2, 0.25) is 0 Å². The zero-order chi connectivity index (χ0) is 18.9. The summed E-state index contributed by atoms with van der Waals surface area (Å²) in [6.07, 6.45) is 2.83. The van der Waals surface area contributed by atoms with Crippen molar-refractivity contribution in [3.63, 3.8) is 0 Å². The number of nitro benzene ring substituents is 1. The maximum absolute atomic E-state index is 13.0. The van der Waals surface area contributed by atoms with Crippen LogP contribution in [0.25, 0.3) is 0 Å². The lowest BCUT2D eigenvalue weighted by Crippen LogP contribution is -2.36. The van der Waals surface area contributed by atoms with Crippen molar-refractivity contribution in [3.8, 4) is 0 Å². The first kappa shape index (κ1) is 18.5. The second-order valence-electron chi connectivity index (χ2n) is 6.55. The summed E-state index contributed by atoms with van der Waals surface area (Å²) >= 11 is 0. The third-order valence-corrected chi connectivity index (χ3v) is 6.86. The van der Waals surface area contributed by atoms with E-state index in [0.717, 1.165) is 24.8 Å². The topological polar surface area (TPSA) is 98.3 Å². The molecular formula is C17H22N4O4S. The minimum Gasteiger partial charge on any atom is -0.264 e. The standard InChI is InChI=1S/C17H22N4O4S/c1-13-17(26(24,25)19-10-4-3-5-11-19)14(2)20(18-13)12-15-6-8-16(9-7-15)21(22)23/h6-9H,3-5,10-12H2,1-2H3. The normalized spacial score (nSPS) is 15.9. The maximum atomic E-state index is 13.0. The average Bonchev–Trinajstić information content (AvgIpc) is 2.90. The van der Waals surface area contributed by atoms with Gasteiger partial charge in [-0.25, -0.2) is 8.42 Å². The summed E-state index contributed by atoms with van der Waals surface area (Å²) in [7, 11) is -3.55. The van der Waals surface area contributed by atoms with Crippen molar-refractivity contribution >= 4 is 15.7 Å². The number of rotatable bonds is 5. The number of aryl methyl sites for hydroxylation is 1. The summed E-state index contributed by atoms with van der Waals surface area (Å²) in [6.45, 7) is 4.92. The Morgan fingerprint density at radius 2 is 1.73 bits per heavy atom. The zero-order valence-electron chi connectivity index (χ0n) is 14.9. The second-order valence-corrected chi connectivity index (χ2v) is 8.42. The Balaban J connectivity index is 1.89. The fraction of sp³-hybridized carbons (Fsp3) is 0.471. The van der Waals surface area contributed by atoms with Crippen LogP contribution in [0.3, 0.4) is 0 Å². The van der Waals surface area contributed by atoms with E-state index in [2.05, 4.69) is 5.10 Å². The van der Waals surface area contributed by atoms with Crippen LogP contribution in [-0.2, 0) is 16.6 Å². The van der Waals surface area contributed by atoms with E-state index in [4.69, 9.17) is 0 Å². The lowest BCUT2D eigenvalue weighted by atomic mass is 10.2. The highest BCUT2D eigenvalue weighted by Gasteiger charge is 2.31. The van der Waals surface area contributed by atoms with Gasteiger partial charge in [0.1, 0.15) is 4.90 Å². The average molecular weight is 378 g/mol. The van der Waals surface area contributed by atoms with Gasteiger partial charge in [0.15, 0.2) is 0 Å². The molecule has 0 N–H and O–H groups in total. The highest BCUT2D eigenvalue weighted by Crippen LogP contribution is 2.26. The van der Waals surface area contributed by atoms with Gasteiger partial charge in [-0.05, 0) is 32.3 Å². The van der Waals surface area contributed by atoms with E-state index >= 15 is 0 Å². The third kappa shape index (κ3) is 3.49. The molecule has 0 aliphatic carbocycles. The van der Waals surface area contributed by atoms with Crippen molar-refractivity contribution < 1.29 is 13.3 Å². The molecular weight excluding hydrogens is 356 g/mol. The highest BCUT2D eigenvalue weighted by atomic mass is 32.2. The van der Waals surface area contributed by atoms with Gasteiger partial charge in [-0.3, -0.25) is 14.8 Å². The van der Waals surface area contributed by atoms with Crippen molar-refractivity contribution in [2.24, 2.45) is 0 Å². The number of sulfonamides is 1. The first-order valence-corrected chi connectivity index (χ1v) is 10.0. The Bertz CT molecular complexity index is 913. The largest absolute Gasteiger partial charge is 0.269 e. The molecule has 3 rings (SSSR count). The molecule has 2 aromatic rings. The monoisotopic (exact) mass is 378 g/mol. The first-order chi connectivity index (χ1) is 12.3. The summed E-state index contributed by atoms with van der Waals surface area (Å²) in [4.78, 5) is 10.6. The number of hydrogen-bond donors (Lipinski definition) is 0. The van der Waals surface area contributed by atoms with Gasteiger partial charge >= 0.3 is 0 Å². The SMILES string of the molecule is Cc1nn(Cc2ccc([N+](=O)[O-])cc2)c(C)c1S(=O)(=O)N1CCCCC1. The van der Waals surface area contributed by atoms with Crippen molar-refractivity contribution in [2.45, 2.75) is 44.6 Å². The molecule has 1 aliphatic heterocycles. The van der Waals surface area contributed by atoms with Gasteiger partial charge in [0, 0.05) is 25.2 Å². The predicted octanol–water partition coefficient (Wildman–Crippen LogP) is 2.63. The van der Waals surface area contributed by atoms with Crippen molar-refractivity contribution in [3.05, 3.63) is 51.3 Å². The van der Waals surface area contributed by atoms with Crippen molar-refractivity contribution in [1.29, 1.82) is 0 Å². The van der Waals surface area contributed by atoms with Crippen LogP contribution >= 0.6 is 0 Å². The molecule has 0 atom stereocenters. The number of non-ortho nitro benzene ring substituents is 1. The summed E-state index contributed by atoms with van der Waals surface area (Å²) in [5.74, 6) is 0. The van der Waals surface area contributed by atoms with Crippen LogP contribution in [-0.4, -0.2) is 40.5 Å². The molecule has 0 unspecified atom stereocenters. The van der Waals surface area contributed by atoms with Crippen molar-refractivity contribution in [1.82, 2.24) is 14.1 Å². The minimum atomic E-state index is -3.55. The molecule has 1 fully saturated rings. The molecule has 1 aliphatic rings. The molecule has 8 nitrogen and oxygen atoms in total. The van der Waals surface area contributed by atoms with E-state index in [1.54, 1.807) is 35.0 Å². The molecule has 0 amide bonds. The number of nitro groups is 1. The van der Waals surface area contributed by atoms with Gasteiger partial charge < -0.3 is 0 Å². The second kappa shape index (κ2) is 7.16. The van der Waals surface area contributed by atoms with Gasteiger partial charge in [0.2, 0.25) is 10.0 Å². The number of benzene rings is 1. The lowest BCUT2D eigenvalue weighted by molar-refractivity contribution is -0.384. The third-order valence-electron chi connectivity index (χ3n) is 4.71. The van der Waals surface area contributed by atoms with Gasteiger partial charge in [-0.1, -0.05) is 18.6 Å². The maximum Gasteiger partial charge on any atom is 0.269 e. The molecule has 9 heteroatoms. The van der Waals surface area contributed by atoms with E-state index in [9.17, 15) is 18.5 Å². The summed E-state index contributed by atoms with van der Waals surface area (Å²) in [5, 5.41) is 15.2. The van der Waals surface area contributed by atoms with E-state index in [0.29, 0.717) is 31.0 Å². The van der Waals surface area contributed by atoms with Gasteiger partial charge in [0.05, 0.1) is 22.9 Å². The van der Waals surface area contributed by atoms with Crippen LogP contribution in [0, 0.1) is 24.0 Å². The molecule has 0 bridgehead atoms. The van der Waals surface area contributed by atoms with Crippen LogP contribution in [0.1, 0.15) is 36.2 Å². The van der Waals surface area contributed by atoms with E-state index in [1.165, 1.54) is 12.1 Å². The fourth-order valence-corrected chi connectivity index (χ4v) is 5.23. The first-order valence-electron chi connectivity index (χ1n) is 8.58. The van der Waals surface area contributed by atoms with Crippen LogP contribution < -0.4 is 0 Å². The Morgan fingerprint density at radius 3 is 2.31 bits per heavy atom. The fourth-order valence-electron chi connectivity index (χ4n) is 3.34. The van der Waals surface area contributed by atoms with Gasteiger partial charge in [0.25, 0.3) is 5.69 Å². The molecule has 1 aromatic heterocycles. The van der Waals surface area contributed by atoms with E-state index in [1.807, 2.05) is 0 Å². The summed E-state index contributed by atoms with van der Waals surface area (Å²) in [6, 6.07) is 6.19. The molecule has 2 heterocycles. The lowest BCUT2D eigenvalue weighted by Gasteiger charge is -2.26.